The molecule has 0 aromatic heterocycles. The second kappa shape index (κ2) is 5.17. The minimum Gasteiger partial charge on any atom is -0.380 e. The Morgan fingerprint density at radius 2 is 2.06 bits per heavy atom. The molecular formula is C14H24N2O2. The molecule has 1 aliphatic carbocycles. The van der Waals surface area contributed by atoms with Crippen molar-refractivity contribution in [3.05, 3.63) is 0 Å². The Bertz CT molecular complexity index is 315. The lowest BCUT2D eigenvalue weighted by molar-refractivity contribution is -0.142. The van der Waals surface area contributed by atoms with Crippen molar-refractivity contribution in [1.82, 2.24) is 10.6 Å². The highest BCUT2D eigenvalue weighted by Crippen LogP contribution is 2.38. The number of hydrogen-bond donors (Lipinski definition) is 2. The van der Waals surface area contributed by atoms with Crippen molar-refractivity contribution in [3.8, 4) is 0 Å². The lowest BCUT2D eigenvalue weighted by Gasteiger charge is -2.38. The SMILES string of the molecule is O=C(NC1CCCCC1)[C@]12CNC[C@H]1CCOC2. The van der Waals surface area contributed by atoms with Gasteiger partial charge in [0.25, 0.3) is 0 Å². The van der Waals surface area contributed by atoms with Crippen LogP contribution in [-0.4, -0.2) is 38.3 Å². The van der Waals surface area contributed by atoms with Crippen molar-refractivity contribution in [3.63, 3.8) is 0 Å². The van der Waals surface area contributed by atoms with Crippen molar-refractivity contribution < 1.29 is 9.53 Å². The van der Waals surface area contributed by atoms with Gasteiger partial charge in [0.1, 0.15) is 0 Å². The number of fused-ring (bicyclic) bond motifs is 1. The molecule has 4 heteroatoms. The minimum absolute atomic E-state index is 0.240. The average molecular weight is 252 g/mol. The summed E-state index contributed by atoms with van der Waals surface area (Å²) < 4.78 is 5.60. The van der Waals surface area contributed by atoms with E-state index in [-0.39, 0.29) is 11.3 Å². The van der Waals surface area contributed by atoms with Crippen LogP contribution in [0.5, 0.6) is 0 Å². The summed E-state index contributed by atoms with van der Waals surface area (Å²) in [5, 5.41) is 6.67. The van der Waals surface area contributed by atoms with Gasteiger partial charge in [-0.1, -0.05) is 19.3 Å². The zero-order valence-corrected chi connectivity index (χ0v) is 11.0. The van der Waals surface area contributed by atoms with Gasteiger partial charge in [0.2, 0.25) is 5.91 Å². The van der Waals surface area contributed by atoms with Crippen LogP contribution in [0.4, 0.5) is 0 Å². The van der Waals surface area contributed by atoms with Crippen molar-refractivity contribution in [2.24, 2.45) is 11.3 Å². The molecule has 0 bridgehead atoms. The molecule has 2 N–H and O–H groups in total. The minimum atomic E-state index is -0.282. The number of rotatable bonds is 2. The molecule has 1 amide bonds. The van der Waals surface area contributed by atoms with Gasteiger partial charge in [-0.3, -0.25) is 4.79 Å². The van der Waals surface area contributed by atoms with E-state index in [1.807, 2.05) is 0 Å². The van der Waals surface area contributed by atoms with E-state index in [1.165, 1.54) is 19.3 Å². The van der Waals surface area contributed by atoms with Crippen LogP contribution in [0.3, 0.4) is 0 Å². The maximum atomic E-state index is 12.6. The van der Waals surface area contributed by atoms with Gasteiger partial charge >= 0.3 is 0 Å². The molecule has 18 heavy (non-hydrogen) atoms. The Balaban J connectivity index is 1.66. The van der Waals surface area contributed by atoms with E-state index in [4.69, 9.17) is 4.74 Å². The largest absolute Gasteiger partial charge is 0.380 e. The third-order valence-corrected chi connectivity index (χ3v) is 4.98. The van der Waals surface area contributed by atoms with Crippen molar-refractivity contribution in [2.75, 3.05) is 26.3 Å². The van der Waals surface area contributed by atoms with Crippen molar-refractivity contribution in [2.45, 2.75) is 44.6 Å². The van der Waals surface area contributed by atoms with E-state index < -0.39 is 0 Å². The van der Waals surface area contributed by atoms with Crippen molar-refractivity contribution in [1.29, 1.82) is 0 Å². The standard InChI is InChI=1S/C14H24N2O2/c17-13(16-12-4-2-1-3-5-12)14-9-15-8-11(14)6-7-18-10-14/h11-12,15H,1-10H2,(H,16,17)/t11-,14+/m1/s1. The number of amides is 1. The monoisotopic (exact) mass is 252 g/mol. The van der Waals surface area contributed by atoms with Gasteiger partial charge in [-0.15, -0.1) is 0 Å². The topological polar surface area (TPSA) is 50.4 Å². The Hall–Kier alpha value is -0.610. The molecule has 3 aliphatic rings. The van der Waals surface area contributed by atoms with Crippen LogP contribution in [-0.2, 0) is 9.53 Å². The fourth-order valence-corrected chi connectivity index (χ4v) is 3.74. The molecule has 2 aliphatic heterocycles. The van der Waals surface area contributed by atoms with E-state index in [9.17, 15) is 4.79 Å². The first-order valence-electron chi connectivity index (χ1n) is 7.41. The van der Waals surface area contributed by atoms with Gasteiger partial charge in [-0.05, 0) is 31.7 Å². The molecule has 3 rings (SSSR count). The summed E-state index contributed by atoms with van der Waals surface area (Å²) in [6, 6.07) is 0.406. The highest BCUT2D eigenvalue weighted by molar-refractivity contribution is 5.84. The third-order valence-electron chi connectivity index (χ3n) is 4.98. The van der Waals surface area contributed by atoms with Crippen LogP contribution in [0, 0.1) is 11.3 Å². The zero-order chi connectivity index (χ0) is 12.4. The molecule has 0 radical (unpaired) electrons. The van der Waals surface area contributed by atoms with Gasteiger partial charge in [0.15, 0.2) is 0 Å². The number of ether oxygens (including phenoxy) is 1. The van der Waals surface area contributed by atoms with Crippen LogP contribution in [0.25, 0.3) is 0 Å². The molecule has 0 unspecified atom stereocenters. The fourth-order valence-electron chi connectivity index (χ4n) is 3.74. The maximum Gasteiger partial charge on any atom is 0.230 e. The molecule has 2 atom stereocenters. The third kappa shape index (κ3) is 2.16. The Labute approximate surface area is 109 Å². The quantitative estimate of drug-likeness (QED) is 0.772. The summed E-state index contributed by atoms with van der Waals surface area (Å²) in [5.41, 5.74) is -0.282. The zero-order valence-electron chi connectivity index (χ0n) is 11.0. The van der Waals surface area contributed by atoms with Crippen LogP contribution < -0.4 is 10.6 Å². The van der Waals surface area contributed by atoms with Gasteiger partial charge in [0.05, 0.1) is 12.0 Å². The van der Waals surface area contributed by atoms with Gasteiger partial charge in [-0.2, -0.15) is 0 Å². The van der Waals surface area contributed by atoms with Crippen LogP contribution in [0.2, 0.25) is 0 Å². The molecule has 0 aromatic carbocycles. The van der Waals surface area contributed by atoms with E-state index in [0.717, 1.165) is 39.0 Å². The van der Waals surface area contributed by atoms with Gasteiger partial charge in [-0.25, -0.2) is 0 Å². The first-order chi connectivity index (χ1) is 8.81. The lowest BCUT2D eigenvalue weighted by Crippen LogP contribution is -2.54. The fraction of sp³-hybridized carbons (Fsp3) is 0.929. The van der Waals surface area contributed by atoms with Crippen LogP contribution >= 0.6 is 0 Å². The number of carbonyl (C=O) groups excluding carboxylic acids is 1. The molecule has 1 saturated carbocycles. The summed E-state index contributed by atoms with van der Waals surface area (Å²) >= 11 is 0. The summed E-state index contributed by atoms with van der Waals surface area (Å²) in [5.74, 6) is 0.707. The second-order valence-corrected chi connectivity index (χ2v) is 6.13. The summed E-state index contributed by atoms with van der Waals surface area (Å²) in [6.45, 7) is 3.17. The predicted molar refractivity (Wildman–Crippen MR) is 69.2 cm³/mol. The Kier molecular flexibility index (Phi) is 3.57. The highest BCUT2D eigenvalue weighted by Gasteiger charge is 2.51. The normalized spacial score (nSPS) is 37.2. The molecular weight excluding hydrogens is 228 g/mol. The Morgan fingerprint density at radius 3 is 2.89 bits per heavy atom. The predicted octanol–water partition coefficient (Wildman–Crippen LogP) is 1.06. The molecule has 3 fully saturated rings. The number of hydrogen-bond acceptors (Lipinski definition) is 3. The van der Waals surface area contributed by atoms with Crippen LogP contribution in [0.15, 0.2) is 0 Å². The second-order valence-electron chi connectivity index (χ2n) is 6.13. The molecule has 0 spiro atoms. The van der Waals surface area contributed by atoms with Crippen LogP contribution in [0.1, 0.15) is 38.5 Å². The van der Waals surface area contributed by atoms with E-state index in [2.05, 4.69) is 10.6 Å². The van der Waals surface area contributed by atoms with E-state index in [0.29, 0.717) is 18.6 Å². The Morgan fingerprint density at radius 1 is 1.22 bits per heavy atom. The van der Waals surface area contributed by atoms with Gasteiger partial charge in [0, 0.05) is 19.2 Å². The molecule has 102 valence electrons. The summed E-state index contributed by atoms with van der Waals surface area (Å²) in [7, 11) is 0. The molecule has 2 heterocycles. The average Bonchev–Trinajstić information content (AvgIpc) is 2.85. The van der Waals surface area contributed by atoms with E-state index >= 15 is 0 Å². The summed E-state index contributed by atoms with van der Waals surface area (Å²) in [4.78, 5) is 12.6. The smallest absolute Gasteiger partial charge is 0.230 e. The molecule has 0 aromatic rings. The van der Waals surface area contributed by atoms with E-state index in [1.54, 1.807) is 0 Å². The van der Waals surface area contributed by atoms with Crippen molar-refractivity contribution >= 4 is 5.91 Å². The highest BCUT2D eigenvalue weighted by atomic mass is 16.5. The number of nitrogens with one attached hydrogen (secondary N) is 2. The van der Waals surface area contributed by atoms with Gasteiger partial charge < -0.3 is 15.4 Å². The number of carbonyl (C=O) groups is 1. The molecule has 2 saturated heterocycles. The lowest BCUT2D eigenvalue weighted by atomic mass is 9.74. The first kappa shape index (κ1) is 12.4. The molecule has 4 nitrogen and oxygen atoms in total. The first-order valence-corrected chi connectivity index (χ1v) is 7.41. The maximum absolute atomic E-state index is 12.6. The summed E-state index contributed by atoms with van der Waals surface area (Å²) in [6.07, 6.45) is 7.17.